The van der Waals surface area contributed by atoms with Gasteiger partial charge >= 0.3 is 5.69 Å². The molecule has 2 aliphatic heterocycles. The van der Waals surface area contributed by atoms with Crippen LogP contribution in [0.15, 0.2) is 21.9 Å². The van der Waals surface area contributed by atoms with Crippen LogP contribution >= 0.6 is 0 Å². The molecule has 0 aliphatic carbocycles. The molecule has 0 spiro atoms. The van der Waals surface area contributed by atoms with E-state index in [-0.39, 0.29) is 24.8 Å². The Balaban J connectivity index is 1.39. The van der Waals surface area contributed by atoms with Crippen molar-refractivity contribution in [3.8, 4) is 0 Å². The summed E-state index contributed by atoms with van der Waals surface area (Å²) in [6.45, 7) is 3.47. The van der Waals surface area contributed by atoms with Crippen LogP contribution in [-0.4, -0.2) is 57.3 Å². The first kappa shape index (κ1) is 18.4. The van der Waals surface area contributed by atoms with Gasteiger partial charge in [0.05, 0.1) is 0 Å². The largest absolute Gasteiger partial charge is 0.343 e. The number of nitrogens with one attached hydrogen (secondary N) is 1. The van der Waals surface area contributed by atoms with Crippen molar-refractivity contribution in [3.05, 3.63) is 33.1 Å². The van der Waals surface area contributed by atoms with Crippen molar-refractivity contribution >= 4 is 11.8 Å². The summed E-state index contributed by atoms with van der Waals surface area (Å²) in [4.78, 5) is 52.7. The van der Waals surface area contributed by atoms with Crippen LogP contribution in [0.4, 0.5) is 0 Å². The Labute approximate surface area is 151 Å². The molecule has 142 valence electrons. The predicted molar refractivity (Wildman–Crippen MR) is 95.7 cm³/mol. The molecule has 3 rings (SSSR count). The molecule has 0 radical (unpaired) electrons. The molecule has 2 amide bonds. The molecular weight excluding hydrogens is 336 g/mol. The fourth-order valence-corrected chi connectivity index (χ4v) is 3.74. The maximum absolute atomic E-state index is 12.4. The molecule has 3 heterocycles. The van der Waals surface area contributed by atoms with Crippen LogP contribution in [0.25, 0.3) is 0 Å². The van der Waals surface area contributed by atoms with Crippen molar-refractivity contribution in [2.24, 2.45) is 5.92 Å². The van der Waals surface area contributed by atoms with Gasteiger partial charge in [0.1, 0.15) is 0 Å². The van der Waals surface area contributed by atoms with Crippen molar-refractivity contribution in [3.63, 3.8) is 0 Å². The minimum absolute atomic E-state index is 0.0382. The number of likely N-dealkylation sites (tertiary alicyclic amines) is 2. The first-order chi connectivity index (χ1) is 12.5. The number of hydrogen-bond acceptors (Lipinski definition) is 4. The van der Waals surface area contributed by atoms with Crippen LogP contribution < -0.4 is 11.2 Å². The molecule has 8 nitrogen and oxygen atoms in total. The number of hydrogen-bond donors (Lipinski definition) is 1. The third-order valence-corrected chi connectivity index (χ3v) is 5.41. The number of aromatic nitrogens is 2. The number of nitrogens with zero attached hydrogens (tertiary/aromatic N) is 3. The fraction of sp³-hybridized carbons (Fsp3) is 0.667. The second-order valence-corrected chi connectivity index (χ2v) is 7.15. The van der Waals surface area contributed by atoms with Crippen LogP contribution in [0.1, 0.15) is 38.5 Å². The SMILES string of the molecule is O=C1CCCN1CCC1CCN(C(=O)CCn2ccc(=O)[nH]c2=O)CC1. The summed E-state index contributed by atoms with van der Waals surface area (Å²) in [7, 11) is 0. The van der Waals surface area contributed by atoms with E-state index in [2.05, 4.69) is 4.98 Å². The smallest absolute Gasteiger partial charge is 0.328 e. The van der Waals surface area contributed by atoms with Gasteiger partial charge in [-0.1, -0.05) is 0 Å². The maximum atomic E-state index is 12.4. The lowest BCUT2D eigenvalue weighted by Crippen LogP contribution is -2.40. The maximum Gasteiger partial charge on any atom is 0.328 e. The van der Waals surface area contributed by atoms with Crippen LogP contribution in [0.3, 0.4) is 0 Å². The Morgan fingerprint density at radius 3 is 2.54 bits per heavy atom. The van der Waals surface area contributed by atoms with Gasteiger partial charge in [0, 0.05) is 57.8 Å². The van der Waals surface area contributed by atoms with Crippen molar-refractivity contribution in [2.75, 3.05) is 26.2 Å². The van der Waals surface area contributed by atoms with Gasteiger partial charge in [-0.2, -0.15) is 0 Å². The third-order valence-electron chi connectivity index (χ3n) is 5.41. The predicted octanol–water partition coefficient (Wildman–Crippen LogP) is 0.178. The average Bonchev–Trinajstić information content (AvgIpc) is 3.04. The number of carbonyl (C=O) groups excluding carboxylic acids is 2. The highest BCUT2D eigenvalue weighted by molar-refractivity contribution is 5.78. The molecule has 2 saturated heterocycles. The van der Waals surface area contributed by atoms with E-state index >= 15 is 0 Å². The Morgan fingerprint density at radius 1 is 1.12 bits per heavy atom. The fourth-order valence-electron chi connectivity index (χ4n) is 3.74. The monoisotopic (exact) mass is 362 g/mol. The molecule has 1 aromatic rings. The van der Waals surface area contributed by atoms with E-state index < -0.39 is 11.2 Å². The van der Waals surface area contributed by atoms with Gasteiger partial charge in [-0.15, -0.1) is 0 Å². The van der Waals surface area contributed by atoms with E-state index in [1.807, 2.05) is 9.80 Å². The summed E-state index contributed by atoms with van der Waals surface area (Å²) >= 11 is 0. The summed E-state index contributed by atoms with van der Waals surface area (Å²) in [5.74, 6) is 0.876. The third kappa shape index (κ3) is 4.62. The van der Waals surface area contributed by atoms with Crippen LogP contribution in [0.2, 0.25) is 0 Å². The van der Waals surface area contributed by atoms with Gasteiger partial charge < -0.3 is 14.4 Å². The van der Waals surface area contributed by atoms with Gasteiger partial charge in [-0.25, -0.2) is 4.79 Å². The van der Waals surface area contributed by atoms with Crippen molar-refractivity contribution in [2.45, 2.75) is 45.1 Å². The zero-order valence-corrected chi connectivity index (χ0v) is 15.0. The van der Waals surface area contributed by atoms with E-state index in [4.69, 9.17) is 0 Å². The van der Waals surface area contributed by atoms with Crippen LogP contribution in [-0.2, 0) is 16.1 Å². The first-order valence-corrected chi connectivity index (χ1v) is 9.38. The van der Waals surface area contributed by atoms with Crippen molar-refractivity contribution < 1.29 is 9.59 Å². The quantitative estimate of drug-likeness (QED) is 0.781. The van der Waals surface area contributed by atoms with E-state index in [0.29, 0.717) is 12.3 Å². The topological polar surface area (TPSA) is 95.5 Å². The molecule has 2 aliphatic rings. The Morgan fingerprint density at radius 2 is 1.88 bits per heavy atom. The van der Waals surface area contributed by atoms with E-state index in [1.165, 1.54) is 16.8 Å². The molecule has 2 fully saturated rings. The second-order valence-electron chi connectivity index (χ2n) is 7.15. The van der Waals surface area contributed by atoms with Crippen LogP contribution in [0, 0.1) is 5.92 Å². The van der Waals surface area contributed by atoms with Crippen molar-refractivity contribution in [1.29, 1.82) is 0 Å². The minimum Gasteiger partial charge on any atom is -0.343 e. The molecule has 0 bridgehead atoms. The van der Waals surface area contributed by atoms with E-state index in [0.717, 1.165) is 51.9 Å². The molecule has 0 aromatic carbocycles. The second kappa shape index (κ2) is 8.33. The number of H-pyrrole nitrogens is 1. The standard InChI is InChI=1S/C18H26N4O4/c23-15-6-12-22(18(26)19-15)13-7-17(25)21-10-4-14(5-11-21)3-9-20-8-1-2-16(20)24/h6,12,14H,1-5,7-11,13H2,(H,19,23,26). The van der Waals surface area contributed by atoms with Crippen LogP contribution in [0.5, 0.6) is 0 Å². The zero-order valence-electron chi connectivity index (χ0n) is 15.0. The highest BCUT2D eigenvalue weighted by Gasteiger charge is 2.25. The summed E-state index contributed by atoms with van der Waals surface area (Å²) < 4.78 is 1.35. The lowest BCUT2D eigenvalue weighted by Gasteiger charge is -2.33. The molecule has 1 aromatic heterocycles. The zero-order chi connectivity index (χ0) is 18.5. The molecule has 8 heteroatoms. The Hall–Kier alpha value is -2.38. The van der Waals surface area contributed by atoms with Gasteiger partial charge in [0.2, 0.25) is 11.8 Å². The van der Waals surface area contributed by atoms with Crippen molar-refractivity contribution in [1.82, 2.24) is 19.4 Å². The molecule has 1 N–H and O–H groups in total. The van der Waals surface area contributed by atoms with Gasteiger partial charge in [0.25, 0.3) is 5.56 Å². The summed E-state index contributed by atoms with van der Waals surface area (Å²) in [5, 5.41) is 0. The van der Waals surface area contributed by atoms with Gasteiger partial charge in [0.15, 0.2) is 0 Å². The van der Waals surface area contributed by atoms with Gasteiger partial charge in [-0.05, 0) is 31.6 Å². The number of aromatic amines is 1. The molecule has 26 heavy (non-hydrogen) atoms. The molecule has 0 atom stereocenters. The Kier molecular flexibility index (Phi) is 5.90. The summed E-state index contributed by atoms with van der Waals surface area (Å²) in [6.07, 6.45) is 6.27. The first-order valence-electron chi connectivity index (χ1n) is 9.38. The molecule has 0 unspecified atom stereocenters. The number of carbonyl (C=O) groups is 2. The lowest BCUT2D eigenvalue weighted by molar-refractivity contribution is -0.132. The normalized spacial score (nSPS) is 18.5. The number of rotatable bonds is 6. The molecular formula is C18H26N4O4. The highest BCUT2D eigenvalue weighted by atomic mass is 16.2. The van der Waals surface area contributed by atoms with Gasteiger partial charge in [-0.3, -0.25) is 19.4 Å². The lowest BCUT2D eigenvalue weighted by atomic mass is 9.93. The average molecular weight is 362 g/mol. The Bertz CT molecular complexity index is 761. The number of amides is 2. The summed E-state index contributed by atoms with van der Waals surface area (Å²) in [6, 6.07) is 1.28. The number of aryl methyl sites for hydroxylation is 1. The summed E-state index contributed by atoms with van der Waals surface area (Å²) in [5.41, 5.74) is -0.921. The molecule has 0 saturated carbocycles. The minimum atomic E-state index is -0.486. The van der Waals surface area contributed by atoms with E-state index in [9.17, 15) is 19.2 Å². The number of piperidine rings is 1. The highest BCUT2D eigenvalue weighted by Crippen LogP contribution is 2.22. The van der Waals surface area contributed by atoms with E-state index in [1.54, 1.807) is 0 Å².